The summed E-state index contributed by atoms with van der Waals surface area (Å²) in [5, 5.41) is 10.0. The van der Waals surface area contributed by atoms with Crippen molar-refractivity contribution < 1.29 is 14.6 Å². The maximum absolute atomic E-state index is 12.8. The first-order valence-corrected chi connectivity index (χ1v) is 9.98. The lowest BCUT2D eigenvalue weighted by atomic mass is 9.76. The normalized spacial score (nSPS) is 25.9. The molecular weight excluding hydrogens is 328 g/mol. The van der Waals surface area contributed by atoms with E-state index in [-0.39, 0.29) is 17.1 Å². The number of hydrogen-bond donors (Lipinski definition) is 1. The van der Waals surface area contributed by atoms with Gasteiger partial charge in [-0.2, -0.15) is 0 Å². The standard InChI is InChI=1S/C21H30N2O3/c1-16-4-5-19(24)18(12-16)20(25)23-10-6-21(7-11-23)13-17(26-15-21)14-22-8-2-3-9-22/h4-5,12,17,24H,2-3,6-11,13-15H2,1H3. The number of carbonyl (C=O) groups excluding carboxylic acids is 1. The molecule has 3 aliphatic heterocycles. The summed E-state index contributed by atoms with van der Waals surface area (Å²) in [6.45, 7) is 7.80. The number of aryl methyl sites for hydroxylation is 1. The first kappa shape index (κ1) is 17.8. The number of aromatic hydroxyl groups is 1. The van der Waals surface area contributed by atoms with Crippen LogP contribution in [0.2, 0.25) is 0 Å². The Bertz CT molecular complexity index is 661. The largest absolute Gasteiger partial charge is 0.507 e. The lowest BCUT2D eigenvalue weighted by molar-refractivity contribution is 0.0458. The molecule has 1 amide bonds. The van der Waals surface area contributed by atoms with E-state index in [0.717, 1.165) is 51.1 Å². The van der Waals surface area contributed by atoms with E-state index in [1.807, 2.05) is 17.9 Å². The van der Waals surface area contributed by atoms with E-state index < -0.39 is 0 Å². The number of amides is 1. The summed E-state index contributed by atoms with van der Waals surface area (Å²) in [5.74, 6) is 0.0318. The van der Waals surface area contributed by atoms with E-state index in [0.29, 0.717) is 11.7 Å². The van der Waals surface area contributed by atoms with Crippen LogP contribution in [0, 0.1) is 12.3 Å². The Kier molecular flexibility index (Phi) is 4.93. The third-order valence-electron chi connectivity index (χ3n) is 6.44. The van der Waals surface area contributed by atoms with Crippen LogP contribution in [0.25, 0.3) is 0 Å². The zero-order chi connectivity index (χ0) is 18.1. The molecule has 0 bridgehead atoms. The molecule has 1 N–H and O–H groups in total. The van der Waals surface area contributed by atoms with Gasteiger partial charge in [0.2, 0.25) is 0 Å². The van der Waals surface area contributed by atoms with Crippen molar-refractivity contribution in [1.29, 1.82) is 0 Å². The molecule has 3 aliphatic rings. The van der Waals surface area contributed by atoms with Gasteiger partial charge in [-0.15, -0.1) is 0 Å². The molecule has 0 aromatic heterocycles. The molecule has 142 valence electrons. The van der Waals surface area contributed by atoms with Gasteiger partial charge in [0.05, 0.1) is 18.3 Å². The van der Waals surface area contributed by atoms with E-state index >= 15 is 0 Å². The van der Waals surface area contributed by atoms with Crippen LogP contribution < -0.4 is 0 Å². The summed E-state index contributed by atoms with van der Waals surface area (Å²) >= 11 is 0. The van der Waals surface area contributed by atoms with Crippen LogP contribution in [0.4, 0.5) is 0 Å². The number of benzene rings is 1. The number of likely N-dealkylation sites (tertiary alicyclic amines) is 2. The van der Waals surface area contributed by atoms with E-state index in [1.165, 1.54) is 25.9 Å². The fourth-order valence-electron chi connectivity index (χ4n) is 4.79. The summed E-state index contributed by atoms with van der Waals surface area (Å²) in [4.78, 5) is 17.2. The van der Waals surface area contributed by atoms with Crippen LogP contribution in [0.1, 0.15) is 48.0 Å². The molecular formula is C21H30N2O3. The lowest BCUT2D eigenvalue weighted by Gasteiger charge is -2.38. The van der Waals surface area contributed by atoms with Gasteiger partial charge in [-0.3, -0.25) is 4.79 Å². The van der Waals surface area contributed by atoms with Crippen LogP contribution in [0.15, 0.2) is 18.2 Å². The molecule has 5 heteroatoms. The highest BCUT2D eigenvalue weighted by molar-refractivity contribution is 5.97. The zero-order valence-corrected chi connectivity index (χ0v) is 15.7. The third-order valence-corrected chi connectivity index (χ3v) is 6.44. The molecule has 3 saturated heterocycles. The predicted molar refractivity (Wildman–Crippen MR) is 100 cm³/mol. The number of rotatable bonds is 3. The van der Waals surface area contributed by atoms with Gasteiger partial charge in [-0.05, 0) is 69.7 Å². The number of piperidine rings is 1. The Labute approximate surface area is 155 Å². The van der Waals surface area contributed by atoms with Gasteiger partial charge in [0.25, 0.3) is 5.91 Å². The molecule has 1 spiro atoms. The van der Waals surface area contributed by atoms with Crippen molar-refractivity contribution in [2.75, 3.05) is 39.3 Å². The van der Waals surface area contributed by atoms with Crippen molar-refractivity contribution in [2.24, 2.45) is 5.41 Å². The molecule has 1 unspecified atom stereocenters. The Morgan fingerprint density at radius 3 is 2.69 bits per heavy atom. The van der Waals surface area contributed by atoms with Crippen molar-refractivity contribution in [3.8, 4) is 5.75 Å². The third kappa shape index (κ3) is 3.60. The second-order valence-electron chi connectivity index (χ2n) is 8.46. The van der Waals surface area contributed by atoms with Crippen LogP contribution in [0.3, 0.4) is 0 Å². The van der Waals surface area contributed by atoms with Crippen molar-refractivity contribution in [1.82, 2.24) is 9.80 Å². The van der Waals surface area contributed by atoms with Crippen molar-refractivity contribution in [3.05, 3.63) is 29.3 Å². The highest BCUT2D eigenvalue weighted by Gasteiger charge is 2.43. The number of ether oxygens (including phenoxy) is 1. The number of carbonyl (C=O) groups is 1. The Morgan fingerprint density at radius 1 is 1.23 bits per heavy atom. The summed E-state index contributed by atoms with van der Waals surface area (Å²) in [5.41, 5.74) is 1.67. The molecule has 26 heavy (non-hydrogen) atoms. The molecule has 1 aromatic rings. The van der Waals surface area contributed by atoms with Gasteiger partial charge >= 0.3 is 0 Å². The van der Waals surface area contributed by atoms with Gasteiger partial charge in [0.1, 0.15) is 5.75 Å². The molecule has 0 radical (unpaired) electrons. The fourth-order valence-corrected chi connectivity index (χ4v) is 4.79. The monoisotopic (exact) mass is 358 g/mol. The fraction of sp³-hybridized carbons (Fsp3) is 0.667. The summed E-state index contributed by atoms with van der Waals surface area (Å²) in [6.07, 6.45) is 6.13. The Morgan fingerprint density at radius 2 is 1.96 bits per heavy atom. The average Bonchev–Trinajstić information content (AvgIpc) is 3.28. The lowest BCUT2D eigenvalue weighted by Crippen LogP contribution is -2.43. The highest BCUT2D eigenvalue weighted by atomic mass is 16.5. The maximum Gasteiger partial charge on any atom is 0.257 e. The van der Waals surface area contributed by atoms with Crippen molar-refractivity contribution >= 4 is 5.91 Å². The molecule has 1 atom stereocenters. The number of phenolic OH excluding ortho intramolecular Hbond substituents is 1. The number of hydrogen-bond acceptors (Lipinski definition) is 4. The molecule has 1 aromatic carbocycles. The molecule has 5 nitrogen and oxygen atoms in total. The van der Waals surface area contributed by atoms with E-state index in [2.05, 4.69) is 4.90 Å². The highest BCUT2D eigenvalue weighted by Crippen LogP contribution is 2.42. The molecule has 4 rings (SSSR count). The van der Waals surface area contributed by atoms with Crippen molar-refractivity contribution in [3.63, 3.8) is 0 Å². The first-order chi connectivity index (χ1) is 12.5. The Hall–Kier alpha value is -1.59. The van der Waals surface area contributed by atoms with Crippen LogP contribution in [0.5, 0.6) is 5.75 Å². The number of phenols is 1. The van der Waals surface area contributed by atoms with Crippen LogP contribution >= 0.6 is 0 Å². The minimum absolute atomic E-state index is 0.0476. The van der Waals surface area contributed by atoms with Gasteiger partial charge in [-0.1, -0.05) is 11.6 Å². The second kappa shape index (κ2) is 7.20. The molecule has 0 saturated carbocycles. The SMILES string of the molecule is Cc1ccc(O)c(C(=O)N2CCC3(CC2)COC(CN2CCCC2)C3)c1. The van der Waals surface area contributed by atoms with Gasteiger partial charge in [-0.25, -0.2) is 0 Å². The van der Waals surface area contributed by atoms with Crippen LogP contribution in [-0.4, -0.2) is 66.2 Å². The van der Waals surface area contributed by atoms with Gasteiger partial charge < -0.3 is 19.6 Å². The smallest absolute Gasteiger partial charge is 0.257 e. The quantitative estimate of drug-likeness (QED) is 0.903. The van der Waals surface area contributed by atoms with Crippen molar-refractivity contribution in [2.45, 2.75) is 45.1 Å². The van der Waals surface area contributed by atoms with Gasteiger partial charge in [0.15, 0.2) is 0 Å². The second-order valence-corrected chi connectivity index (χ2v) is 8.46. The average molecular weight is 358 g/mol. The summed E-state index contributed by atoms with van der Waals surface area (Å²) in [6, 6.07) is 5.22. The maximum atomic E-state index is 12.8. The summed E-state index contributed by atoms with van der Waals surface area (Å²) < 4.78 is 6.14. The number of nitrogens with zero attached hydrogens (tertiary/aromatic N) is 2. The molecule has 3 fully saturated rings. The van der Waals surface area contributed by atoms with Crippen LogP contribution in [-0.2, 0) is 4.74 Å². The Balaban J connectivity index is 1.34. The predicted octanol–water partition coefficient (Wildman–Crippen LogP) is 2.81. The zero-order valence-electron chi connectivity index (χ0n) is 15.7. The van der Waals surface area contributed by atoms with E-state index in [4.69, 9.17) is 4.74 Å². The van der Waals surface area contributed by atoms with E-state index in [1.54, 1.807) is 12.1 Å². The molecule has 0 aliphatic carbocycles. The summed E-state index contributed by atoms with van der Waals surface area (Å²) in [7, 11) is 0. The topological polar surface area (TPSA) is 53.0 Å². The van der Waals surface area contributed by atoms with E-state index in [9.17, 15) is 9.90 Å². The minimum Gasteiger partial charge on any atom is -0.507 e. The van der Waals surface area contributed by atoms with Gasteiger partial charge in [0, 0.05) is 19.6 Å². The molecule has 3 heterocycles. The first-order valence-electron chi connectivity index (χ1n) is 9.98. The minimum atomic E-state index is -0.0476.